The molecule has 3 unspecified atom stereocenters. The first kappa shape index (κ1) is 31.8. The third-order valence-electron chi connectivity index (χ3n) is 9.49. The van der Waals surface area contributed by atoms with Crippen LogP contribution in [0.3, 0.4) is 0 Å². The second kappa shape index (κ2) is 11.9. The molecule has 0 spiro atoms. The number of rotatable bonds is 9. The predicted octanol–water partition coefficient (Wildman–Crippen LogP) is 6.76. The van der Waals surface area contributed by atoms with E-state index in [0.717, 1.165) is 43.3 Å². The van der Waals surface area contributed by atoms with Gasteiger partial charge in [-0.3, -0.25) is 19.5 Å². The van der Waals surface area contributed by atoms with Crippen molar-refractivity contribution >= 4 is 22.3 Å². The number of aromatic nitrogens is 1. The Hall–Kier alpha value is -4.13. The van der Waals surface area contributed by atoms with Crippen LogP contribution in [-0.2, 0) is 18.9 Å². The van der Waals surface area contributed by atoms with Crippen LogP contribution in [0.4, 0.5) is 37.7 Å². The second-order valence-electron chi connectivity index (χ2n) is 12.1. The Labute approximate surface area is 260 Å². The number of hydrogen-bond donors (Lipinski definition) is 2. The molecule has 3 fully saturated rings. The molecule has 3 aliphatic rings. The summed E-state index contributed by atoms with van der Waals surface area (Å²) in [4.78, 5) is 32.6. The molecule has 244 valence electrons. The van der Waals surface area contributed by atoms with Crippen LogP contribution in [0.5, 0.6) is 5.75 Å². The molecule has 2 bridgehead atoms. The maximum atomic E-state index is 13.4. The molecule has 4 heterocycles. The van der Waals surface area contributed by atoms with E-state index >= 15 is 0 Å². The number of nitrogens with zero attached hydrogens (tertiary/aromatic N) is 2. The molecule has 7 rings (SSSR count). The van der Waals surface area contributed by atoms with E-state index in [1.165, 1.54) is 0 Å². The minimum absolute atomic E-state index is 0.0444. The molecule has 0 saturated carbocycles. The van der Waals surface area contributed by atoms with E-state index in [1.807, 2.05) is 18.2 Å². The van der Waals surface area contributed by atoms with Gasteiger partial charge < -0.3 is 15.4 Å². The third kappa shape index (κ3) is 5.92. The molecular weight excluding hydrogens is 614 g/mol. The van der Waals surface area contributed by atoms with Crippen molar-refractivity contribution in [1.29, 1.82) is 0 Å². The zero-order chi connectivity index (χ0) is 33.0. The highest BCUT2D eigenvalue weighted by Crippen LogP contribution is 2.44. The fourth-order valence-electron chi connectivity index (χ4n) is 7.08. The van der Waals surface area contributed by atoms with E-state index in [4.69, 9.17) is 4.74 Å². The SMILES string of the molecule is CC[C@H]1CN2CCC1CC2[C@@H](Nc1c(NCc2cc(C(F)(F)F)cc(C(F)(F)F)c2)c(=O)c1=O)c1ccnc2ccc(OC)cc12. The molecule has 2 N–H and O–H groups in total. The summed E-state index contributed by atoms with van der Waals surface area (Å²) >= 11 is 0. The minimum Gasteiger partial charge on any atom is -0.497 e. The zero-order valence-electron chi connectivity index (χ0n) is 25.1. The second-order valence-corrected chi connectivity index (χ2v) is 12.1. The molecule has 5 atom stereocenters. The smallest absolute Gasteiger partial charge is 0.416 e. The minimum atomic E-state index is -5.01. The fraction of sp³-hybridized carbons (Fsp3) is 0.424. The van der Waals surface area contributed by atoms with Crippen LogP contribution in [0.2, 0.25) is 0 Å². The number of benzene rings is 2. The van der Waals surface area contributed by atoms with E-state index in [2.05, 4.69) is 27.4 Å². The Morgan fingerprint density at radius 1 is 0.978 bits per heavy atom. The van der Waals surface area contributed by atoms with Gasteiger partial charge in [0.1, 0.15) is 17.1 Å². The van der Waals surface area contributed by atoms with Gasteiger partial charge in [-0.1, -0.05) is 13.3 Å². The first-order valence-electron chi connectivity index (χ1n) is 15.1. The van der Waals surface area contributed by atoms with Crippen LogP contribution >= 0.6 is 0 Å². The van der Waals surface area contributed by atoms with Gasteiger partial charge in [-0.2, -0.15) is 26.3 Å². The molecule has 46 heavy (non-hydrogen) atoms. The van der Waals surface area contributed by atoms with Crippen LogP contribution in [0.1, 0.15) is 54.5 Å². The summed E-state index contributed by atoms with van der Waals surface area (Å²) in [5.41, 5.74) is -3.70. The molecule has 4 aromatic rings. The number of ether oxygens (including phenoxy) is 1. The normalized spacial score (nSPS) is 22.3. The molecular formula is C33H32F6N4O3. The molecule has 3 aliphatic heterocycles. The highest BCUT2D eigenvalue weighted by molar-refractivity contribution is 5.85. The van der Waals surface area contributed by atoms with Crippen molar-refractivity contribution in [2.24, 2.45) is 11.8 Å². The van der Waals surface area contributed by atoms with Crippen LogP contribution in [0.25, 0.3) is 10.9 Å². The molecule has 0 radical (unpaired) electrons. The van der Waals surface area contributed by atoms with Crippen molar-refractivity contribution < 1.29 is 31.1 Å². The number of halogens is 6. The van der Waals surface area contributed by atoms with Gasteiger partial charge in [0.25, 0.3) is 10.9 Å². The molecule has 1 aromatic heterocycles. The molecule has 13 heteroatoms. The van der Waals surface area contributed by atoms with Gasteiger partial charge in [-0.15, -0.1) is 0 Å². The predicted molar refractivity (Wildman–Crippen MR) is 162 cm³/mol. The van der Waals surface area contributed by atoms with Crippen molar-refractivity contribution in [1.82, 2.24) is 9.88 Å². The van der Waals surface area contributed by atoms with Gasteiger partial charge in [-0.25, -0.2) is 0 Å². The maximum absolute atomic E-state index is 13.4. The van der Waals surface area contributed by atoms with Crippen LogP contribution in [-0.4, -0.2) is 36.1 Å². The van der Waals surface area contributed by atoms with E-state index in [1.54, 1.807) is 19.4 Å². The molecule has 3 saturated heterocycles. The molecule has 3 aromatic carbocycles. The first-order valence-corrected chi connectivity index (χ1v) is 15.1. The van der Waals surface area contributed by atoms with Gasteiger partial charge >= 0.3 is 12.4 Å². The lowest BCUT2D eigenvalue weighted by Crippen LogP contribution is -2.56. The zero-order valence-corrected chi connectivity index (χ0v) is 25.1. The molecule has 0 amide bonds. The van der Waals surface area contributed by atoms with E-state index < -0.39 is 46.9 Å². The Morgan fingerprint density at radius 3 is 2.28 bits per heavy atom. The van der Waals surface area contributed by atoms with E-state index in [-0.39, 0.29) is 29.0 Å². The monoisotopic (exact) mass is 646 g/mol. The average Bonchev–Trinajstić information content (AvgIpc) is 3.04. The summed E-state index contributed by atoms with van der Waals surface area (Å²) in [6.07, 6.45) is -5.43. The number of fused-ring (bicyclic) bond motifs is 4. The molecule has 7 nitrogen and oxygen atoms in total. The van der Waals surface area contributed by atoms with Crippen LogP contribution in [0, 0.1) is 11.8 Å². The number of anilines is 2. The van der Waals surface area contributed by atoms with Crippen molar-refractivity contribution in [2.75, 3.05) is 30.8 Å². The quantitative estimate of drug-likeness (QED) is 0.154. The Kier molecular flexibility index (Phi) is 8.24. The lowest BCUT2D eigenvalue weighted by molar-refractivity contribution is -0.143. The van der Waals surface area contributed by atoms with Crippen LogP contribution in [0.15, 0.2) is 58.3 Å². The van der Waals surface area contributed by atoms with Gasteiger partial charge in [0.15, 0.2) is 0 Å². The Morgan fingerprint density at radius 2 is 1.67 bits per heavy atom. The van der Waals surface area contributed by atoms with Gasteiger partial charge in [0.2, 0.25) is 0 Å². The molecule has 0 aliphatic carbocycles. The average molecular weight is 647 g/mol. The lowest BCUT2D eigenvalue weighted by atomic mass is 9.72. The van der Waals surface area contributed by atoms with E-state index in [0.29, 0.717) is 35.2 Å². The number of alkyl halides is 6. The Balaban J connectivity index is 1.36. The maximum Gasteiger partial charge on any atom is 0.416 e. The summed E-state index contributed by atoms with van der Waals surface area (Å²) in [6.45, 7) is 3.38. The summed E-state index contributed by atoms with van der Waals surface area (Å²) < 4.78 is 86.0. The van der Waals surface area contributed by atoms with Gasteiger partial charge in [0.05, 0.1) is 29.8 Å². The number of pyridine rings is 1. The number of piperidine rings is 3. The van der Waals surface area contributed by atoms with Crippen molar-refractivity contribution in [3.05, 3.63) is 91.4 Å². The van der Waals surface area contributed by atoms with E-state index in [9.17, 15) is 35.9 Å². The highest BCUT2D eigenvalue weighted by atomic mass is 19.4. The highest BCUT2D eigenvalue weighted by Gasteiger charge is 2.44. The first-order chi connectivity index (χ1) is 21.8. The summed E-state index contributed by atoms with van der Waals surface area (Å²) in [5, 5.41) is 6.74. The van der Waals surface area contributed by atoms with Gasteiger partial charge in [0, 0.05) is 30.7 Å². The largest absolute Gasteiger partial charge is 0.497 e. The standard InChI is InChI=1S/C33H32F6N4O3/c1-3-18-16-43-9-7-19(18)12-26(43)27(23-6-8-40-25-5-4-22(46-2)14-24(23)25)42-29-28(30(44)31(29)45)41-15-17-10-20(32(34,35)36)13-21(11-17)33(37,38)39/h4-6,8,10-11,13-14,18-19,26-27,41-42H,3,7,9,12,15-16H2,1-2H3/t18-,19?,26?,27-/m0/s1. The lowest BCUT2D eigenvalue weighted by Gasteiger charge is -2.52. The topological polar surface area (TPSA) is 83.6 Å². The summed E-state index contributed by atoms with van der Waals surface area (Å²) in [6, 6.07) is 7.99. The van der Waals surface area contributed by atoms with Crippen molar-refractivity contribution in [3.63, 3.8) is 0 Å². The van der Waals surface area contributed by atoms with Crippen molar-refractivity contribution in [2.45, 2.75) is 57.2 Å². The third-order valence-corrected chi connectivity index (χ3v) is 9.49. The van der Waals surface area contributed by atoms with Gasteiger partial charge in [-0.05, 0) is 84.8 Å². The van der Waals surface area contributed by atoms with Crippen molar-refractivity contribution in [3.8, 4) is 5.75 Å². The summed E-state index contributed by atoms with van der Waals surface area (Å²) in [5.74, 6) is 1.62. The number of hydrogen-bond acceptors (Lipinski definition) is 7. The fourth-order valence-corrected chi connectivity index (χ4v) is 7.08. The number of nitrogens with one attached hydrogen (secondary N) is 2. The summed E-state index contributed by atoms with van der Waals surface area (Å²) in [7, 11) is 1.55. The Bertz CT molecular complexity index is 1800. The van der Waals surface area contributed by atoms with Crippen LogP contribution < -0.4 is 26.2 Å². The number of methoxy groups -OCH3 is 1.